The number of pyridine rings is 1. The molecule has 0 aliphatic rings. The molecule has 2 aromatic heterocycles. The molecule has 0 radical (unpaired) electrons. The van der Waals surface area contributed by atoms with Crippen LogP contribution in [-0.4, -0.2) is 39.5 Å². The number of nitrogens with one attached hydrogen (secondary N) is 1. The Labute approximate surface area is 196 Å². The first-order chi connectivity index (χ1) is 15.9. The third-order valence-electron chi connectivity index (χ3n) is 4.83. The molecule has 4 rings (SSSR count). The average molecular weight is 461 g/mol. The molecule has 2 heterocycles. The molecule has 0 saturated carbocycles. The van der Waals surface area contributed by atoms with E-state index in [1.165, 1.54) is 4.90 Å². The van der Waals surface area contributed by atoms with E-state index in [4.69, 9.17) is 4.74 Å². The lowest BCUT2D eigenvalue weighted by atomic mass is 10.2. The van der Waals surface area contributed by atoms with Gasteiger partial charge >= 0.3 is 0 Å². The number of carbonyl (C=O) groups excluding carboxylic acids is 2. The van der Waals surface area contributed by atoms with Crippen LogP contribution in [-0.2, 0) is 6.61 Å². The highest BCUT2D eigenvalue weighted by molar-refractivity contribution is 8.13. The standard InChI is InChI=1S/C25H24N4O3S/c1-17-11-12-23-26-19(15-29(23)14-17)16-32-20-8-6-7-18(13-20)24(30)27-21-9-4-5-10-22(21)33-25(31)28(2)3/h4-15H,16H2,1-3H3,(H,27,30). The van der Waals surface area contributed by atoms with Crippen molar-refractivity contribution in [2.45, 2.75) is 18.4 Å². The Morgan fingerprint density at radius 1 is 1.06 bits per heavy atom. The number of para-hydroxylation sites is 1. The van der Waals surface area contributed by atoms with Crippen LogP contribution in [0, 0.1) is 6.92 Å². The van der Waals surface area contributed by atoms with Crippen molar-refractivity contribution in [1.29, 1.82) is 0 Å². The number of imidazole rings is 1. The number of benzene rings is 2. The van der Waals surface area contributed by atoms with E-state index >= 15 is 0 Å². The van der Waals surface area contributed by atoms with E-state index in [2.05, 4.69) is 10.3 Å². The molecule has 168 valence electrons. The number of fused-ring (bicyclic) bond motifs is 1. The zero-order valence-electron chi connectivity index (χ0n) is 18.6. The number of aryl methyl sites for hydroxylation is 1. The minimum atomic E-state index is -0.283. The summed E-state index contributed by atoms with van der Waals surface area (Å²) in [5.74, 6) is 0.287. The van der Waals surface area contributed by atoms with Gasteiger partial charge < -0.3 is 19.4 Å². The van der Waals surface area contributed by atoms with Gasteiger partial charge in [0.2, 0.25) is 0 Å². The summed E-state index contributed by atoms with van der Waals surface area (Å²) < 4.78 is 7.85. The van der Waals surface area contributed by atoms with Gasteiger partial charge in [-0.1, -0.05) is 24.3 Å². The van der Waals surface area contributed by atoms with E-state index in [0.717, 1.165) is 28.7 Å². The average Bonchev–Trinajstić information content (AvgIpc) is 3.21. The molecule has 0 atom stereocenters. The number of aromatic nitrogens is 2. The van der Waals surface area contributed by atoms with Crippen LogP contribution in [0.1, 0.15) is 21.6 Å². The minimum Gasteiger partial charge on any atom is -0.487 e. The summed E-state index contributed by atoms with van der Waals surface area (Å²) in [5.41, 5.74) is 3.84. The summed E-state index contributed by atoms with van der Waals surface area (Å²) in [4.78, 5) is 31.7. The van der Waals surface area contributed by atoms with Crippen LogP contribution in [0.5, 0.6) is 5.75 Å². The maximum absolute atomic E-state index is 12.9. The number of nitrogens with zero attached hydrogens (tertiary/aromatic N) is 3. The molecule has 8 heteroatoms. The van der Waals surface area contributed by atoms with Crippen LogP contribution < -0.4 is 10.1 Å². The largest absolute Gasteiger partial charge is 0.487 e. The maximum atomic E-state index is 12.9. The second kappa shape index (κ2) is 9.79. The lowest BCUT2D eigenvalue weighted by Crippen LogP contribution is -2.17. The Bertz CT molecular complexity index is 1320. The lowest BCUT2D eigenvalue weighted by molar-refractivity contribution is 0.102. The van der Waals surface area contributed by atoms with Crippen molar-refractivity contribution in [1.82, 2.24) is 14.3 Å². The third-order valence-corrected chi connectivity index (χ3v) is 5.95. The predicted molar refractivity (Wildman–Crippen MR) is 130 cm³/mol. The molecule has 1 N–H and O–H groups in total. The fourth-order valence-corrected chi connectivity index (χ4v) is 3.89. The Hall–Kier alpha value is -3.78. The van der Waals surface area contributed by atoms with Gasteiger partial charge in [0.15, 0.2) is 0 Å². The van der Waals surface area contributed by atoms with Gasteiger partial charge in [0.25, 0.3) is 11.1 Å². The highest BCUT2D eigenvalue weighted by Gasteiger charge is 2.14. The van der Waals surface area contributed by atoms with Gasteiger partial charge in [-0.15, -0.1) is 0 Å². The second-order valence-electron chi connectivity index (χ2n) is 7.73. The Kier molecular flexibility index (Phi) is 6.65. The van der Waals surface area contributed by atoms with E-state index in [1.54, 1.807) is 50.5 Å². The summed E-state index contributed by atoms with van der Waals surface area (Å²) in [5, 5.41) is 2.78. The fraction of sp³-hybridized carbons (Fsp3) is 0.160. The molecular weight excluding hydrogens is 436 g/mol. The number of hydrogen-bond donors (Lipinski definition) is 1. The van der Waals surface area contributed by atoms with Crippen LogP contribution in [0.25, 0.3) is 5.65 Å². The van der Waals surface area contributed by atoms with Gasteiger partial charge in [0.05, 0.1) is 11.4 Å². The van der Waals surface area contributed by atoms with E-state index in [9.17, 15) is 9.59 Å². The molecule has 0 aliphatic carbocycles. The number of thioether (sulfide) groups is 1. The lowest BCUT2D eigenvalue weighted by Gasteiger charge is -2.13. The van der Waals surface area contributed by atoms with Gasteiger partial charge in [0, 0.05) is 36.9 Å². The molecule has 0 saturated heterocycles. The highest BCUT2D eigenvalue weighted by Crippen LogP contribution is 2.29. The molecule has 0 bridgehead atoms. The zero-order valence-corrected chi connectivity index (χ0v) is 19.4. The molecule has 7 nitrogen and oxygen atoms in total. The number of rotatable bonds is 6. The molecule has 33 heavy (non-hydrogen) atoms. The van der Waals surface area contributed by atoms with E-state index in [0.29, 0.717) is 21.9 Å². The van der Waals surface area contributed by atoms with Crippen molar-refractivity contribution in [3.8, 4) is 5.75 Å². The number of carbonyl (C=O) groups is 2. The Morgan fingerprint density at radius 3 is 2.70 bits per heavy atom. The van der Waals surface area contributed by atoms with E-state index < -0.39 is 0 Å². The summed E-state index contributed by atoms with van der Waals surface area (Å²) in [6, 6.07) is 18.2. The van der Waals surface area contributed by atoms with E-state index in [-0.39, 0.29) is 17.8 Å². The molecule has 0 unspecified atom stereocenters. The summed E-state index contributed by atoms with van der Waals surface area (Å²) >= 11 is 1.07. The number of hydrogen-bond acceptors (Lipinski definition) is 5. The zero-order chi connectivity index (χ0) is 23.4. The summed E-state index contributed by atoms with van der Waals surface area (Å²) in [7, 11) is 3.38. The van der Waals surface area contributed by atoms with Crippen molar-refractivity contribution >= 4 is 34.2 Å². The topological polar surface area (TPSA) is 75.9 Å². The molecule has 2 amide bonds. The normalized spacial score (nSPS) is 10.8. The van der Waals surface area contributed by atoms with Crippen LogP contribution in [0.2, 0.25) is 0 Å². The monoisotopic (exact) mass is 460 g/mol. The van der Waals surface area contributed by atoms with Gasteiger partial charge in [-0.05, 0) is 60.6 Å². The first-order valence-corrected chi connectivity index (χ1v) is 11.2. The molecule has 0 spiro atoms. The molecule has 4 aromatic rings. The quantitative estimate of drug-likeness (QED) is 0.398. The van der Waals surface area contributed by atoms with Gasteiger partial charge in [-0.3, -0.25) is 9.59 Å². The van der Waals surface area contributed by atoms with Crippen molar-refractivity contribution in [2.75, 3.05) is 19.4 Å². The molecular formula is C25H24N4O3S. The van der Waals surface area contributed by atoms with Gasteiger partial charge in [-0.2, -0.15) is 0 Å². The molecule has 2 aromatic carbocycles. The first kappa shape index (κ1) is 22.4. The number of amides is 2. The highest BCUT2D eigenvalue weighted by atomic mass is 32.2. The molecule has 0 fully saturated rings. The Balaban J connectivity index is 1.44. The molecule has 0 aliphatic heterocycles. The summed E-state index contributed by atoms with van der Waals surface area (Å²) in [6.07, 6.45) is 3.95. The van der Waals surface area contributed by atoms with Crippen molar-refractivity contribution in [2.24, 2.45) is 0 Å². The minimum absolute atomic E-state index is 0.116. The number of anilines is 1. The van der Waals surface area contributed by atoms with Crippen molar-refractivity contribution in [3.63, 3.8) is 0 Å². The fourth-order valence-electron chi connectivity index (χ4n) is 3.15. The predicted octanol–water partition coefficient (Wildman–Crippen LogP) is 5.25. The van der Waals surface area contributed by atoms with Crippen LogP contribution in [0.4, 0.5) is 10.5 Å². The maximum Gasteiger partial charge on any atom is 0.286 e. The third kappa shape index (κ3) is 5.53. The summed E-state index contributed by atoms with van der Waals surface area (Å²) in [6.45, 7) is 2.32. The van der Waals surface area contributed by atoms with Crippen molar-refractivity contribution in [3.05, 3.63) is 89.9 Å². The van der Waals surface area contributed by atoms with Crippen LogP contribution >= 0.6 is 11.8 Å². The SMILES string of the molecule is Cc1ccc2nc(COc3cccc(C(=O)Nc4ccccc4SC(=O)N(C)C)c3)cn2c1. The van der Waals surface area contributed by atoms with Crippen molar-refractivity contribution < 1.29 is 14.3 Å². The van der Waals surface area contributed by atoms with Crippen LogP contribution in [0.3, 0.4) is 0 Å². The van der Waals surface area contributed by atoms with Gasteiger partial charge in [0.1, 0.15) is 18.0 Å². The van der Waals surface area contributed by atoms with Crippen LogP contribution in [0.15, 0.2) is 78.0 Å². The first-order valence-electron chi connectivity index (χ1n) is 10.4. The Morgan fingerprint density at radius 2 is 1.88 bits per heavy atom. The van der Waals surface area contributed by atoms with E-state index in [1.807, 2.05) is 48.0 Å². The van der Waals surface area contributed by atoms with Gasteiger partial charge in [-0.25, -0.2) is 4.98 Å². The number of ether oxygens (including phenoxy) is 1. The second-order valence-corrected chi connectivity index (χ2v) is 8.73. The smallest absolute Gasteiger partial charge is 0.286 e.